The Bertz CT molecular complexity index is 523. The van der Waals surface area contributed by atoms with E-state index in [2.05, 4.69) is 34.7 Å². The summed E-state index contributed by atoms with van der Waals surface area (Å²) in [5, 5.41) is 0. The Hall–Kier alpha value is -1.35. The number of rotatable bonds is 3. The van der Waals surface area contributed by atoms with Crippen LogP contribution >= 0.6 is 0 Å². The summed E-state index contributed by atoms with van der Waals surface area (Å²) < 4.78 is 2.38. The SMILES string of the molecule is Cc1nc2ccc(CCN)cc2n1C1CC1. The van der Waals surface area contributed by atoms with Crippen molar-refractivity contribution in [3.63, 3.8) is 0 Å². The van der Waals surface area contributed by atoms with E-state index < -0.39 is 0 Å². The van der Waals surface area contributed by atoms with Gasteiger partial charge in [0.1, 0.15) is 5.82 Å². The van der Waals surface area contributed by atoms with Crippen LogP contribution in [0.5, 0.6) is 0 Å². The van der Waals surface area contributed by atoms with Crippen molar-refractivity contribution in [2.75, 3.05) is 6.54 Å². The second kappa shape index (κ2) is 3.59. The second-order valence-electron chi connectivity index (χ2n) is 4.62. The maximum absolute atomic E-state index is 5.60. The molecule has 1 fully saturated rings. The lowest BCUT2D eigenvalue weighted by atomic mass is 10.1. The monoisotopic (exact) mass is 215 g/mol. The van der Waals surface area contributed by atoms with Gasteiger partial charge in [0.25, 0.3) is 0 Å². The van der Waals surface area contributed by atoms with E-state index in [0.29, 0.717) is 12.6 Å². The largest absolute Gasteiger partial charge is 0.330 e. The number of nitrogens with two attached hydrogens (primary N) is 1. The van der Waals surface area contributed by atoms with Crippen molar-refractivity contribution in [1.82, 2.24) is 9.55 Å². The third-order valence-corrected chi connectivity index (χ3v) is 3.28. The Labute approximate surface area is 95.3 Å². The summed E-state index contributed by atoms with van der Waals surface area (Å²) in [5.74, 6) is 1.14. The molecular formula is C13H17N3. The van der Waals surface area contributed by atoms with E-state index in [0.717, 1.165) is 17.8 Å². The molecule has 3 rings (SSSR count). The van der Waals surface area contributed by atoms with Gasteiger partial charge in [-0.25, -0.2) is 4.98 Å². The highest BCUT2D eigenvalue weighted by molar-refractivity contribution is 5.77. The zero-order chi connectivity index (χ0) is 11.1. The molecular weight excluding hydrogens is 198 g/mol. The Kier molecular flexibility index (Phi) is 2.21. The summed E-state index contributed by atoms with van der Waals surface area (Å²) in [4.78, 5) is 4.61. The van der Waals surface area contributed by atoms with E-state index in [4.69, 9.17) is 5.73 Å². The van der Waals surface area contributed by atoms with Crippen molar-refractivity contribution in [1.29, 1.82) is 0 Å². The highest BCUT2D eigenvalue weighted by Gasteiger charge is 2.26. The molecule has 84 valence electrons. The van der Waals surface area contributed by atoms with Crippen LogP contribution in [0.4, 0.5) is 0 Å². The minimum absolute atomic E-state index is 0.693. The summed E-state index contributed by atoms with van der Waals surface area (Å²) in [6.45, 7) is 2.81. The van der Waals surface area contributed by atoms with Gasteiger partial charge in [0.2, 0.25) is 0 Å². The van der Waals surface area contributed by atoms with Crippen LogP contribution in [0.15, 0.2) is 18.2 Å². The Morgan fingerprint density at radius 2 is 2.25 bits per heavy atom. The molecule has 16 heavy (non-hydrogen) atoms. The lowest BCUT2D eigenvalue weighted by molar-refractivity contribution is 0.733. The normalized spacial score (nSPS) is 15.9. The van der Waals surface area contributed by atoms with Crippen molar-refractivity contribution >= 4 is 11.0 Å². The Morgan fingerprint density at radius 3 is 2.94 bits per heavy atom. The van der Waals surface area contributed by atoms with Crippen LogP contribution in [-0.4, -0.2) is 16.1 Å². The number of benzene rings is 1. The lowest BCUT2D eigenvalue weighted by Gasteiger charge is -2.05. The third kappa shape index (κ3) is 1.52. The van der Waals surface area contributed by atoms with Crippen molar-refractivity contribution in [2.45, 2.75) is 32.2 Å². The molecule has 0 saturated heterocycles. The quantitative estimate of drug-likeness (QED) is 0.852. The first-order valence-corrected chi connectivity index (χ1v) is 5.97. The van der Waals surface area contributed by atoms with E-state index >= 15 is 0 Å². The smallest absolute Gasteiger partial charge is 0.106 e. The zero-order valence-electron chi connectivity index (χ0n) is 9.61. The van der Waals surface area contributed by atoms with Gasteiger partial charge in [0.15, 0.2) is 0 Å². The minimum Gasteiger partial charge on any atom is -0.330 e. The first-order chi connectivity index (χ1) is 7.79. The Morgan fingerprint density at radius 1 is 1.44 bits per heavy atom. The first-order valence-electron chi connectivity index (χ1n) is 5.97. The molecule has 0 amide bonds. The van der Waals surface area contributed by atoms with Gasteiger partial charge in [-0.1, -0.05) is 6.07 Å². The molecule has 2 aromatic rings. The van der Waals surface area contributed by atoms with Crippen LogP contribution in [0.1, 0.15) is 30.3 Å². The standard InChI is InChI=1S/C13H17N3/c1-9-15-12-5-2-10(6-7-14)8-13(12)16(9)11-3-4-11/h2,5,8,11H,3-4,6-7,14H2,1H3. The predicted octanol–water partition coefficient (Wildman–Crippen LogP) is 2.18. The molecule has 1 aliphatic carbocycles. The van der Waals surface area contributed by atoms with Crippen LogP contribution in [0.3, 0.4) is 0 Å². The molecule has 1 aromatic carbocycles. The third-order valence-electron chi connectivity index (χ3n) is 3.28. The van der Waals surface area contributed by atoms with Crippen molar-refractivity contribution in [2.24, 2.45) is 5.73 Å². The number of aromatic nitrogens is 2. The van der Waals surface area contributed by atoms with Crippen LogP contribution in [0.25, 0.3) is 11.0 Å². The molecule has 1 saturated carbocycles. The molecule has 0 radical (unpaired) electrons. The number of imidazole rings is 1. The maximum Gasteiger partial charge on any atom is 0.106 e. The molecule has 0 bridgehead atoms. The lowest BCUT2D eigenvalue weighted by Crippen LogP contribution is -2.03. The van der Waals surface area contributed by atoms with E-state index in [1.807, 2.05) is 0 Å². The summed E-state index contributed by atoms with van der Waals surface area (Å²) in [7, 11) is 0. The van der Waals surface area contributed by atoms with Gasteiger partial charge in [0.05, 0.1) is 11.0 Å². The number of aryl methyl sites for hydroxylation is 1. The Balaban J connectivity index is 2.15. The molecule has 0 spiro atoms. The fourth-order valence-corrected chi connectivity index (χ4v) is 2.37. The van der Waals surface area contributed by atoms with E-state index in [1.54, 1.807) is 0 Å². The second-order valence-corrected chi connectivity index (χ2v) is 4.62. The summed E-state index contributed by atoms with van der Waals surface area (Å²) >= 11 is 0. The van der Waals surface area contributed by atoms with Gasteiger partial charge in [-0.05, 0) is 50.4 Å². The molecule has 1 aliphatic rings. The van der Waals surface area contributed by atoms with Crippen LogP contribution in [-0.2, 0) is 6.42 Å². The summed E-state index contributed by atoms with van der Waals surface area (Å²) in [5.41, 5.74) is 9.31. The van der Waals surface area contributed by atoms with Crippen LogP contribution in [0.2, 0.25) is 0 Å². The van der Waals surface area contributed by atoms with Crippen LogP contribution < -0.4 is 5.73 Å². The molecule has 1 aromatic heterocycles. The highest BCUT2D eigenvalue weighted by atomic mass is 15.1. The molecule has 3 nitrogen and oxygen atoms in total. The molecule has 2 N–H and O–H groups in total. The summed E-state index contributed by atoms with van der Waals surface area (Å²) in [6.07, 6.45) is 3.55. The van der Waals surface area contributed by atoms with Gasteiger partial charge >= 0.3 is 0 Å². The maximum atomic E-state index is 5.60. The molecule has 0 unspecified atom stereocenters. The van der Waals surface area contributed by atoms with E-state index in [9.17, 15) is 0 Å². The topological polar surface area (TPSA) is 43.8 Å². The zero-order valence-corrected chi connectivity index (χ0v) is 9.61. The van der Waals surface area contributed by atoms with Gasteiger partial charge < -0.3 is 10.3 Å². The van der Waals surface area contributed by atoms with Crippen LogP contribution in [0, 0.1) is 6.92 Å². The fourth-order valence-electron chi connectivity index (χ4n) is 2.37. The fraction of sp³-hybridized carbons (Fsp3) is 0.462. The van der Waals surface area contributed by atoms with Gasteiger partial charge in [-0.3, -0.25) is 0 Å². The van der Waals surface area contributed by atoms with Crippen molar-refractivity contribution < 1.29 is 0 Å². The number of fused-ring (bicyclic) bond motifs is 1. The molecule has 3 heteroatoms. The first kappa shape index (κ1) is 9.85. The number of hydrogen-bond acceptors (Lipinski definition) is 2. The number of hydrogen-bond donors (Lipinski definition) is 1. The van der Waals surface area contributed by atoms with Crippen molar-refractivity contribution in [3.8, 4) is 0 Å². The highest BCUT2D eigenvalue weighted by Crippen LogP contribution is 2.38. The van der Waals surface area contributed by atoms with Crippen molar-refractivity contribution in [3.05, 3.63) is 29.6 Å². The van der Waals surface area contributed by atoms with Gasteiger partial charge in [-0.2, -0.15) is 0 Å². The average molecular weight is 215 g/mol. The predicted molar refractivity (Wildman–Crippen MR) is 65.5 cm³/mol. The van der Waals surface area contributed by atoms with Gasteiger partial charge in [0, 0.05) is 6.04 Å². The molecule has 1 heterocycles. The average Bonchev–Trinajstić information content (AvgIpc) is 3.02. The van der Waals surface area contributed by atoms with Gasteiger partial charge in [-0.15, -0.1) is 0 Å². The minimum atomic E-state index is 0.693. The summed E-state index contributed by atoms with van der Waals surface area (Å²) in [6, 6.07) is 7.20. The van der Waals surface area contributed by atoms with E-state index in [1.165, 1.54) is 23.9 Å². The molecule has 0 aliphatic heterocycles. The number of nitrogens with zero attached hydrogens (tertiary/aromatic N) is 2. The van der Waals surface area contributed by atoms with E-state index in [-0.39, 0.29) is 0 Å². The molecule has 0 atom stereocenters.